The summed E-state index contributed by atoms with van der Waals surface area (Å²) in [5, 5.41) is 2.77. The van der Waals surface area contributed by atoms with E-state index >= 15 is 0 Å². The highest BCUT2D eigenvalue weighted by molar-refractivity contribution is 9.10. The van der Waals surface area contributed by atoms with Crippen LogP contribution >= 0.6 is 15.9 Å². The molecule has 0 atom stereocenters. The Balaban J connectivity index is 2.11. The molecule has 0 aliphatic heterocycles. The minimum atomic E-state index is -0.638. The predicted molar refractivity (Wildman–Crippen MR) is 61.5 cm³/mol. The Labute approximate surface area is 96.4 Å². The summed E-state index contributed by atoms with van der Waals surface area (Å²) >= 11 is 3.30. The third kappa shape index (κ3) is 2.18. The van der Waals surface area contributed by atoms with E-state index in [1.54, 1.807) is 6.20 Å². The summed E-state index contributed by atoms with van der Waals surface area (Å²) in [6.45, 7) is 1.92. The number of hydrogen-bond donors (Lipinski definition) is 2. The van der Waals surface area contributed by atoms with Crippen molar-refractivity contribution in [3.63, 3.8) is 0 Å². The molecular weight excluding hydrogens is 258 g/mol. The summed E-state index contributed by atoms with van der Waals surface area (Å²) < 4.78 is 0.786. The monoisotopic (exact) mass is 269 g/mol. The number of amides is 1. The number of nitrogens with zero attached hydrogens (tertiary/aromatic N) is 1. The summed E-state index contributed by atoms with van der Waals surface area (Å²) in [6.07, 6.45) is 3.14. The number of rotatable bonds is 2. The molecule has 4 nitrogen and oxygen atoms in total. The molecule has 15 heavy (non-hydrogen) atoms. The van der Waals surface area contributed by atoms with Gasteiger partial charge in [-0.1, -0.05) is 0 Å². The number of anilines is 1. The molecule has 0 unspecified atom stereocenters. The summed E-state index contributed by atoms with van der Waals surface area (Å²) in [5.74, 6) is -0.119. The predicted octanol–water partition coefficient (Wildman–Crippen LogP) is 1.58. The molecular formula is C10H12BrN3O. The van der Waals surface area contributed by atoms with E-state index < -0.39 is 5.54 Å². The highest BCUT2D eigenvalue weighted by Gasteiger charge is 2.45. The fraction of sp³-hybridized carbons (Fsp3) is 0.400. The number of pyridine rings is 1. The fourth-order valence-corrected chi connectivity index (χ4v) is 1.46. The zero-order chi connectivity index (χ0) is 11.1. The Bertz CT molecular complexity index is 415. The molecule has 0 aromatic carbocycles. The molecule has 0 bridgehead atoms. The lowest BCUT2D eigenvalue weighted by Crippen LogP contribution is -2.37. The van der Waals surface area contributed by atoms with Gasteiger partial charge in [-0.05, 0) is 47.3 Å². The molecule has 1 aliphatic rings. The third-order valence-electron chi connectivity index (χ3n) is 2.51. The average molecular weight is 270 g/mol. The van der Waals surface area contributed by atoms with E-state index in [-0.39, 0.29) is 5.91 Å². The molecule has 1 saturated carbocycles. The van der Waals surface area contributed by atoms with E-state index in [1.807, 2.05) is 13.0 Å². The minimum absolute atomic E-state index is 0.119. The zero-order valence-corrected chi connectivity index (χ0v) is 9.97. The van der Waals surface area contributed by atoms with Gasteiger partial charge in [0.25, 0.3) is 0 Å². The molecule has 0 saturated heterocycles. The van der Waals surface area contributed by atoms with Crippen LogP contribution in [0.3, 0.4) is 0 Å². The van der Waals surface area contributed by atoms with Gasteiger partial charge in [-0.2, -0.15) is 0 Å². The van der Waals surface area contributed by atoms with Gasteiger partial charge in [0.05, 0.1) is 17.4 Å². The Kier molecular flexibility index (Phi) is 2.52. The van der Waals surface area contributed by atoms with Crippen molar-refractivity contribution < 1.29 is 4.79 Å². The zero-order valence-electron chi connectivity index (χ0n) is 8.38. The molecule has 1 fully saturated rings. The van der Waals surface area contributed by atoms with Crippen molar-refractivity contribution in [3.8, 4) is 0 Å². The standard InChI is InChI=1S/C10H12BrN3O/c1-6-4-7(5-13-8(6)11)14-9(15)10(12)2-3-10/h4-5H,2-3,12H2,1H3,(H,14,15). The first kappa shape index (κ1) is 10.6. The van der Waals surface area contributed by atoms with Crippen LogP contribution in [0.4, 0.5) is 5.69 Å². The first-order chi connectivity index (χ1) is 7.01. The van der Waals surface area contributed by atoms with Crippen molar-refractivity contribution in [2.45, 2.75) is 25.3 Å². The summed E-state index contributed by atoms with van der Waals surface area (Å²) in [7, 11) is 0. The van der Waals surface area contributed by atoms with Crippen molar-refractivity contribution in [3.05, 3.63) is 22.4 Å². The summed E-state index contributed by atoms with van der Waals surface area (Å²) in [6, 6.07) is 1.86. The average Bonchev–Trinajstić information content (AvgIpc) is 2.92. The molecule has 3 N–H and O–H groups in total. The van der Waals surface area contributed by atoms with Gasteiger partial charge in [-0.15, -0.1) is 0 Å². The summed E-state index contributed by atoms with van der Waals surface area (Å²) in [5.41, 5.74) is 6.80. The van der Waals surface area contributed by atoms with Gasteiger partial charge >= 0.3 is 0 Å². The van der Waals surface area contributed by atoms with Gasteiger partial charge in [0.2, 0.25) is 5.91 Å². The Hall–Kier alpha value is -0.940. The number of aryl methyl sites for hydroxylation is 1. The second kappa shape index (κ2) is 3.57. The number of hydrogen-bond acceptors (Lipinski definition) is 3. The van der Waals surface area contributed by atoms with E-state index in [9.17, 15) is 4.79 Å². The molecule has 0 spiro atoms. The van der Waals surface area contributed by atoms with Crippen LogP contribution in [0.15, 0.2) is 16.9 Å². The van der Waals surface area contributed by atoms with Crippen LogP contribution < -0.4 is 11.1 Å². The molecule has 5 heteroatoms. The lowest BCUT2D eigenvalue weighted by molar-refractivity contribution is -0.118. The second-order valence-corrected chi connectivity index (χ2v) is 4.69. The van der Waals surface area contributed by atoms with Gasteiger partial charge in [-0.3, -0.25) is 4.79 Å². The van der Waals surface area contributed by atoms with E-state index in [1.165, 1.54) is 0 Å². The number of carbonyl (C=O) groups excluding carboxylic acids is 1. The van der Waals surface area contributed by atoms with Gasteiger partial charge in [0, 0.05) is 0 Å². The van der Waals surface area contributed by atoms with Crippen LogP contribution in [0, 0.1) is 6.92 Å². The number of carbonyl (C=O) groups is 1. The Morgan fingerprint density at radius 1 is 1.67 bits per heavy atom. The fourth-order valence-electron chi connectivity index (χ4n) is 1.24. The van der Waals surface area contributed by atoms with E-state index in [0.717, 1.165) is 23.0 Å². The molecule has 2 rings (SSSR count). The van der Waals surface area contributed by atoms with Gasteiger partial charge < -0.3 is 11.1 Å². The smallest absolute Gasteiger partial charge is 0.244 e. The van der Waals surface area contributed by atoms with Crippen LogP contribution in [-0.4, -0.2) is 16.4 Å². The van der Waals surface area contributed by atoms with Crippen molar-refractivity contribution in [2.24, 2.45) is 5.73 Å². The normalized spacial score (nSPS) is 17.3. The number of aromatic nitrogens is 1. The van der Waals surface area contributed by atoms with Crippen LogP contribution in [0.2, 0.25) is 0 Å². The Morgan fingerprint density at radius 3 is 2.87 bits per heavy atom. The topological polar surface area (TPSA) is 68.0 Å². The highest BCUT2D eigenvalue weighted by Crippen LogP contribution is 2.33. The number of nitrogens with one attached hydrogen (secondary N) is 1. The largest absolute Gasteiger partial charge is 0.323 e. The third-order valence-corrected chi connectivity index (χ3v) is 3.34. The van der Waals surface area contributed by atoms with Crippen molar-refractivity contribution in [2.75, 3.05) is 5.32 Å². The van der Waals surface area contributed by atoms with Crippen molar-refractivity contribution >= 4 is 27.5 Å². The highest BCUT2D eigenvalue weighted by atomic mass is 79.9. The number of nitrogens with two attached hydrogens (primary N) is 1. The summed E-state index contributed by atoms with van der Waals surface area (Å²) in [4.78, 5) is 15.7. The van der Waals surface area contributed by atoms with Crippen LogP contribution in [0.25, 0.3) is 0 Å². The Morgan fingerprint density at radius 2 is 2.33 bits per heavy atom. The minimum Gasteiger partial charge on any atom is -0.323 e. The maximum Gasteiger partial charge on any atom is 0.244 e. The SMILES string of the molecule is Cc1cc(NC(=O)C2(N)CC2)cnc1Br. The lowest BCUT2D eigenvalue weighted by Gasteiger charge is -2.10. The first-order valence-electron chi connectivity index (χ1n) is 4.74. The molecule has 1 aromatic rings. The first-order valence-corrected chi connectivity index (χ1v) is 5.53. The van der Waals surface area contributed by atoms with Crippen molar-refractivity contribution in [1.29, 1.82) is 0 Å². The molecule has 0 radical (unpaired) electrons. The maximum atomic E-state index is 11.6. The van der Waals surface area contributed by atoms with E-state index in [4.69, 9.17) is 5.73 Å². The molecule has 1 aromatic heterocycles. The van der Waals surface area contributed by atoms with E-state index in [0.29, 0.717) is 5.69 Å². The molecule has 1 heterocycles. The quantitative estimate of drug-likeness (QED) is 0.802. The molecule has 1 amide bonds. The number of halogens is 1. The van der Waals surface area contributed by atoms with Gasteiger partial charge in [0.15, 0.2) is 0 Å². The second-order valence-electron chi connectivity index (χ2n) is 3.94. The molecule has 80 valence electrons. The van der Waals surface area contributed by atoms with Crippen molar-refractivity contribution in [1.82, 2.24) is 4.98 Å². The maximum absolute atomic E-state index is 11.6. The van der Waals surface area contributed by atoms with Gasteiger partial charge in [-0.25, -0.2) is 4.98 Å². The van der Waals surface area contributed by atoms with Crippen LogP contribution in [0.1, 0.15) is 18.4 Å². The van der Waals surface area contributed by atoms with Gasteiger partial charge in [0.1, 0.15) is 4.60 Å². The van der Waals surface area contributed by atoms with Crippen LogP contribution in [0.5, 0.6) is 0 Å². The van der Waals surface area contributed by atoms with E-state index in [2.05, 4.69) is 26.2 Å². The lowest BCUT2D eigenvalue weighted by atomic mass is 10.2. The molecule has 1 aliphatic carbocycles. The van der Waals surface area contributed by atoms with Crippen LogP contribution in [-0.2, 0) is 4.79 Å².